The Morgan fingerprint density at radius 2 is 1.91 bits per heavy atom. The molecule has 0 unspecified atom stereocenters. The van der Waals surface area contributed by atoms with Crippen molar-refractivity contribution >= 4 is 11.5 Å². The number of methoxy groups -OCH3 is 1. The molecule has 0 atom stereocenters. The summed E-state index contributed by atoms with van der Waals surface area (Å²) in [4.78, 5) is 18.4. The topological polar surface area (TPSA) is 103 Å². The minimum absolute atomic E-state index is 0.0369. The van der Waals surface area contributed by atoms with Crippen molar-refractivity contribution in [2.45, 2.75) is 0 Å². The Labute approximate surface area is 126 Å². The number of hydrogen-bond donors (Lipinski definition) is 1. The standard InChI is InChI=1S/C13H15N5O4/c1-17(2)16-12-11(18(19)20)13(15-8-14-12)22-10-7-5-4-6-9(10)21-3/h4-8H,1-3H3,(H,14,15,16). The molecule has 0 saturated carbocycles. The third kappa shape index (κ3) is 3.38. The van der Waals surface area contributed by atoms with Crippen LogP contribution in [0.1, 0.15) is 0 Å². The van der Waals surface area contributed by atoms with Gasteiger partial charge in [0.2, 0.25) is 5.82 Å². The third-order valence-electron chi connectivity index (χ3n) is 2.58. The highest BCUT2D eigenvalue weighted by atomic mass is 16.6. The van der Waals surface area contributed by atoms with Crippen molar-refractivity contribution in [3.8, 4) is 17.4 Å². The van der Waals surface area contributed by atoms with Gasteiger partial charge < -0.3 is 9.47 Å². The van der Waals surface area contributed by atoms with E-state index < -0.39 is 4.92 Å². The van der Waals surface area contributed by atoms with E-state index in [1.807, 2.05) is 0 Å². The van der Waals surface area contributed by atoms with Crippen LogP contribution >= 0.6 is 0 Å². The van der Waals surface area contributed by atoms with Crippen molar-refractivity contribution in [2.24, 2.45) is 0 Å². The van der Waals surface area contributed by atoms with E-state index in [-0.39, 0.29) is 17.4 Å². The first-order valence-corrected chi connectivity index (χ1v) is 6.27. The second-order valence-electron chi connectivity index (χ2n) is 4.39. The zero-order chi connectivity index (χ0) is 16.1. The molecule has 116 valence electrons. The smallest absolute Gasteiger partial charge is 0.374 e. The van der Waals surface area contributed by atoms with Crippen molar-refractivity contribution in [3.05, 3.63) is 40.7 Å². The van der Waals surface area contributed by atoms with Gasteiger partial charge in [-0.2, -0.15) is 4.98 Å². The first kappa shape index (κ1) is 15.4. The van der Waals surface area contributed by atoms with Gasteiger partial charge in [-0.05, 0) is 12.1 Å². The number of hydrogen-bond acceptors (Lipinski definition) is 8. The van der Waals surface area contributed by atoms with E-state index in [0.29, 0.717) is 11.5 Å². The molecule has 9 nitrogen and oxygen atoms in total. The van der Waals surface area contributed by atoms with Crippen LogP contribution in [0.15, 0.2) is 30.6 Å². The minimum Gasteiger partial charge on any atom is -0.493 e. The molecule has 0 aliphatic heterocycles. The Bertz CT molecular complexity index is 677. The van der Waals surface area contributed by atoms with E-state index in [1.54, 1.807) is 38.4 Å². The molecule has 22 heavy (non-hydrogen) atoms. The summed E-state index contributed by atoms with van der Waals surface area (Å²) in [5, 5.41) is 12.9. The maximum absolute atomic E-state index is 11.3. The number of nitro groups is 1. The number of anilines is 1. The zero-order valence-electron chi connectivity index (χ0n) is 12.3. The van der Waals surface area contributed by atoms with Crippen molar-refractivity contribution in [1.29, 1.82) is 0 Å². The Morgan fingerprint density at radius 3 is 2.50 bits per heavy atom. The Hall–Kier alpha value is -2.94. The van der Waals surface area contributed by atoms with Gasteiger partial charge in [0.25, 0.3) is 0 Å². The minimum atomic E-state index is -0.601. The van der Waals surface area contributed by atoms with Crippen molar-refractivity contribution < 1.29 is 14.4 Å². The summed E-state index contributed by atoms with van der Waals surface area (Å²) < 4.78 is 10.7. The van der Waals surface area contributed by atoms with E-state index in [4.69, 9.17) is 9.47 Å². The molecule has 1 aromatic heterocycles. The van der Waals surface area contributed by atoms with Gasteiger partial charge in [0.15, 0.2) is 11.5 Å². The van der Waals surface area contributed by atoms with Crippen LogP contribution in [0.4, 0.5) is 11.5 Å². The van der Waals surface area contributed by atoms with Crippen molar-refractivity contribution in [2.75, 3.05) is 26.6 Å². The molecular weight excluding hydrogens is 290 g/mol. The van der Waals surface area contributed by atoms with Crippen molar-refractivity contribution in [3.63, 3.8) is 0 Å². The van der Waals surface area contributed by atoms with Crippen LogP contribution in [-0.4, -0.2) is 41.1 Å². The first-order chi connectivity index (χ1) is 10.5. The van der Waals surface area contributed by atoms with Gasteiger partial charge in [-0.3, -0.25) is 15.5 Å². The van der Waals surface area contributed by atoms with Gasteiger partial charge in [-0.1, -0.05) is 12.1 Å². The van der Waals surface area contributed by atoms with Gasteiger partial charge in [0.1, 0.15) is 6.33 Å². The summed E-state index contributed by atoms with van der Waals surface area (Å²) in [5.74, 6) is 0.629. The summed E-state index contributed by atoms with van der Waals surface area (Å²) in [6.07, 6.45) is 1.18. The maximum atomic E-state index is 11.3. The number of ether oxygens (including phenoxy) is 2. The van der Waals surface area contributed by atoms with Crippen molar-refractivity contribution in [1.82, 2.24) is 15.0 Å². The van der Waals surface area contributed by atoms with Crippen LogP contribution in [0.2, 0.25) is 0 Å². The second-order valence-corrected chi connectivity index (χ2v) is 4.39. The largest absolute Gasteiger partial charge is 0.493 e. The van der Waals surface area contributed by atoms with E-state index >= 15 is 0 Å². The predicted octanol–water partition coefficient (Wildman–Crippen LogP) is 2.07. The molecule has 0 fully saturated rings. The number of para-hydroxylation sites is 2. The molecule has 2 aromatic rings. The molecule has 2 rings (SSSR count). The lowest BCUT2D eigenvalue weighted by Gasteiger charge is -2.14. The van der Waals surface area contributed by atoms with E-state index in [2.05, 4.69) is 15.4 Å². The monoisotopic (exact) mass is 305 g/mol. The summed E-state index contributed by atoms with van der Waals surface area (Å²) in [7, 11) is 4.86. The lowest BCUT2D eigenvalue weighted by molar-refractivity contribution is -0.385. The highest BCUT2D eigenvalue weighted by Gasteiger charge is 2.26. The molecule has 0 amide bonds. The Morgan fingerprint density at radius 1 is 1.23 bits per heavy atom. The fraction of sp³-hybridized carbons (Fsp3) is 0.231. The molecule has 1 heterocycles. The first-order valence-electron chi connectivity index (χ1n) is 6.27. The van der Waals surface area contributed by atoms with Crippen LogP contribution < -0.4 is 14.9 Å². The number of nitrogens with zero attached hydrogens (tertiary/aromatic N) is 4. The fourth-order valence-electron chi connectivity index (χ4n) is 1.70. The van der Waals surface area contributed by atoms with Crippen LogP contribution in [-0.2, 0) is 0 Å². The summed E-state index contributed by atoms with van der Waals surface area (Å²) in [6.45, 7) is 0. The molecular formula is C13H15N5O4. The lowest BCUT2D eigenvalue weighted by Crippen LogP contribution is -2.21. The maximum Gasteiger partial charge on any atom is 0.374 e. The number of rotatable bonds is 6. The normalized spacial score (nSPS) is 10.4. The number of nitrogens with one attached hydrogen (secondary N) is 1. The van der Waals surface area contributed by atoms with Crippen LogP contribution in [0.3, 0.4) is 0 Å². The Balaban J connectivity index is 2.44. The van der Waals surface area contributed by atoms with Crippen LogP contribution in [0, 0.1) is 10.1 Å². The van der Waals surface area contributed by atoms with E-state index in [1.165, 1.54) is 18.4 Å². The molecule has 0 radical (unpaired) electrons. The molecule has 1 aromatic carbocycles. The molecule has 1 N–H and O–H groups in total. The molecule has 0 saturated heterocycles. The molecule has 0 aliphatic carbocycles. The van der Waals surface area contributed by atoms with Gasteiger partial charge in [0.05, 0.1) is 12.0 Å². The molecule has 9 heteroatoms. The number of hydrazine groups is 1. The molecule has 0 bridgehead atoms. The van der Waals surface area contributed by atoms with Gasteiger partial charge in [-0.25, -0.2) is 9.99 Å². The lowest BCUT2D eigenvalue weighted by atomic mass is 10.3. The molecule has 0 spiro atoms. The summed E-state index contributed by atoms with van der Waals surface area (Å²) in [6, 6.07) is 6.80. The second kappa shape index (κ2) is 6.68. The number of aromatic nitrogens is 2. The number of benzene rings is 1. The molecule has 0 aliphatic rings. The average molecular weight is 305 g/mol. The van der Waals surface area contributed by atoms with Crippen LogP contribution in [0.5, 0.6) is 17.4 Å². The van der Waals surface area contributed by atoms with Gasteiger partial charge in [-0.15, -0.1) is 0 Å². The predicted molar refractivity (Wildman–Crippen MR) is 79.1 cm³/mol. The SMILES string of the molecule is COc1ccccc1Oc1ncnc(NN(C)C)c1[N+](=O)[O-]. The zero-order valence-corrected chi connectivity index (χ0v) is 12.3. The average Bonchev–Trinajstić information content (AvgIpc) is 2.47. The van der Waals surface area contributed by atoms with Crippen LogP contribution in [0.25, 0.3) is 0 Å². The summed E-state index contributed by atoms with van der Waals surface area (Å²) >= 11 is 0. The summed E-state index contributed by atoms with van der Waals surface area (Å²) in [5.41, 5.74) is 2.38. The highest BCUT2D eigenvalue weighted by Crippen LogP contribution is 2.37. The third-order valence-corrected chi connectivity index (χ3v) is 2.58. The highest BCUT2D eigenvalue weighted by molar-refractivity contribution is 5.61. The fourth-order valence-corrected chi connectivity index (χ4v) is 1.70. The van der Waals surface area contributed by atoms with E-state index in [9.17, 15) is 10.1 Å². The van der Waals surface area contributed by atoms with E-state index in [0.717, 1.165) is 0 Å². The van der Waals surface area contributed by atoms with Gasteiger partial charge >= 0.3 is 11.6 Å². The van der Waals surface area contributed by atoms with Gasteiger partial charge in [0, 0.05) is 14.1 Å². The quantitative estimate of drug-likeness (QED) is 0.639. The Kier molecular flexibility index (Phi) is 4.69.